The van der Waals surface area contributed by atoms with Crippen molar-refractivity contribution in [3.8, 4) is 10.7 Å². The molecule has 0 unspecified atom stereocenters. The fourth-order valence-corrected chi connectivity index (χ4v) is 2.93. The second-order valence-electron chi connectivity index (χ2n) is 4.87. The van der Waals surface area contributed by atoms with Gasteiger partial charge in [-0.15, -0.1) is 11.3 Å². The maximum atomic E-state index is 8.91. The van der Waals surface area contributed by atoms with E-state index in [1.807, 2.05) is 48.7 Å². The molecule has 0 aliphatic rings. The second-order valence-corrected chi connectivity index (χ2v) is 5.99. The molecule has 22 heavy (non-hydrogen) atoms. The van der Waals surface area contributed by atoms with Crippen LogP contribution in [0.1, 0.15) is 10.4 Å². The number of benzene rings is 1. The van der Waals surface area contributed by atoms with Crippen molar-refractivity contribution < 1.29 is 5.11 Å². The second kappa shape index (κ2) is 7.15. The number of nitrogens with zero attached hydrogens (tertiary/aromatic N) is 2. The third-order valence-corrected chi connectivity index (χ3v) is 4.28. The summed E-state index contributed by atoms with van der Waals surface area (Å²) in [6, 6.07) is 14.0. The summed E-state index contributed by atoms with van der Waals surface area (Å²) in [6.45, 7) is 0.924. The molecule has 5 heteroatoms. The smallest absolute Gasteiger partial charge is 0.142 e. The molecule has 0 fully saturated rings. The van der Waals surface area contributed by atoms with E-state index in [2.05, 4.69) is 15.3 Å². The Labute approximate surface area is 133 Å². The van der Waals surface area contributed by atoms with E-state index in [9.17, 15) is 0 Å². The number of aliphatic hydroxyl groups is 1. The molecule has 0 saturated carbocycles. The van der Waals surface area contributed by atoms with Crippen molar-refractivity contribution in [2.24, 2.45) is 0 Å². The average molecular weight is 311 g/mol. The highest BCUT2D eigenvalue weighted by atomic mass is 32.1. The summed E-state index contributed by atoms with van der Waals surface area (Å²) in [7, 11) is 0. The summed E-state index contributed by atoms with van der Waals surface area (Å²) in [5, 5.41) is 13.2. The largest absolute Gasteiger partial charge is 0.396 e. The van der Waals surface area contributed by atoms with Gasteiger partial charge in [-0.1, -0.05) is 18.2 Å². The van der Waals surface area contributed by atoms with Crippen LogP contribution in [0.15, 0.2) is 54.9 Å². The van der Waals surface area contributed by atoms with Gasteiger partial charge in [0.2, 0.25) is 0 Å². The number of nitrogens with one attached hydrogen (secondary N) is 1. The first-order chi connectivity index (χ1) is 10.8. The highest BCUT2D eigenvalue weighted by Gasteiger charge is 2.05. The van der Waals surface area contributed by atoms with Crippen LogP contribution in [-0.2, 0) is 13.0 Å². The summed E-state index contributed by atoms with van der Waals surface area (Å²) >= 11 is 1.65. The van der Waals surface area contributed by atoms with Gasteiger partial charge >= 0.3 is 0 Å². The van der Waals surface area contributed by atoms with Crippen LogP contribution in [0.25, 0.3) is 10.7 Å². The zero-order chi connectivity index (χ0) is 15.2. The fraction of sp³-hybridized carbons (Fsp3) is 0.176. The first-order valence-corrected chi connectivity index (χ1v) is 7.96. The Morgan fingerprint density at radius 2 is 1.91 bits per heavy atom. The Balaban J connectivity index is 1.61. The molecule has 0 saturated heterocycles. The van der Waals surface area contributed by atoms with Gasteiger partial charge in [0.05, 0.1) is 12.2 Å². The van der Waals surface area contributed by atoms with Crippen LogP contribution in [0.5, 0.6) is 0 Å². The molecular weight excluding hydrogens is 294 g/mol. The number of pyridine rings is 1. The predicted molar refractivity (Wildman–Crippen MR) is 89.9 cm³/mol. The van der Waals surface area contributed by atoms with Gasteiger partial charge < -0.3 is 10.4 Å². The Bertz CT molecular complexity index is 710. The molecule has 4 nitrogen and oxygen atoms in total. The van der Waals surface area contributed by atoms with Gasteiger partial charge in [-0.2, -0.15) is 0 Å². The van der Waals surface area contributed by atoms with Crippen molar-refractivity contribution in [2.75, 3.05) is 11.9 Å². The Hall–Kier alpha value is -2.24. The van der Waals surface area contributed by atoms with E-state index in [4.69, 9.17) is 5.11 Å². The topological polar surface area (TPSA) is 58.0 Å². The van der Waals surface area contributed by atoms with Crippen LogP contribution in [0, 0.1) is 0 Å². The monoisotopic (exact) mass is 311 g/mol. The van der Waals surface area contributed by atoms with Gasteiger partial charge in [0, 0.05) is 29.6 Å². The molecule has 0 aliphatic carbocycles. The van der Waals surface area contributed by atoms with Crippen molar-refractivity contribution in [2.45, 2.75) is 13.0 Å². The summed E-state index contributed by atoms with van der Waals surface area (Å²) in [6.07, 6.45) is 4.37. The van der Waals surface area contributed by atoms with Crippen LogP contribution in [0.2, 0.25) is 0 Å². The number of hydrogen-bond acceptors (Lipinski definition) is 5. The molecule has 112 valence electrons. The number of thiazole rings is 1. The van der Waals surface area contributed by atoms with E-state index in [0.717, 1.165) is 28.5 Å². The normalized spacial score (nSPS) is 10.6. The number of hydrogen-bond donors (Lipinski definition) is 2. The molecule has 3 aromatic rings. The first kappa shape index (κ1) is 14.7. The van der Waals surface area contributed by atoms with Gasteiger partial charge in [-0.05, 0) is 36.2 Å². The SMILES string of the molecule is OCCc1ccc(NCc2cnc(-c3ccccn3)s2)cc1. The van der Waals surface area contributed by atoms with Crippen LogP contribution >= 0.6 is 11.3 Å². The standard InChI is InChI=1S/C17H17N3OS/c21-10-8-13-4-6-14(7-5-13)19-11-15-12-20-17(22-15)16-3-1-2-9-18-16/h1-7,9,12,19,21H,8,10-11H2. The zero-order valence-electron chi connectivity index (χ0n) is 12.1. The third kappa shape index (κ3) is 3.69. The first-order valence-electron chi connectivity index (χ1n) is 7.15. The van der Waals surface area contributed by atoms with Crippen molar-refractivity contribution in [3.05, 3.63) is 65.3 Å². The van der Waals surface area contributed by atoms with Crippen LogP contribution in [0.4, 0.5) is 5.69 Å². The minimum Gasteiger partial charge on any atom is -0.396 e. The molecule has 0 bridgehead atoms. The van der Waals surface area contributed by atoms with Crippen LogP contribution < -0.4 is 5.32 Å². The maximum Gasteiger partial charge on any atom is 0.142 e. The fourth-order valence-electron chi connectivity index (χ4n) is 2.10. The predicted octanol–water partition coefficient (Wildman–Crippen LogP) is 3.35. The van der Waals surface area contributed by atoms with Gasteiger partial charge in [-0.25, -0.2) is 4.98 Å². The van der Waals surface area contributed by atoms with Crippen LogP contribution in [-0.4, -0.2) is 21.7 Å². The molecular formula is C17H17N3OS. The van der Waals surface area contributed by atoms with E-state index in [1.165, 1.54) is 4.88 Å². The number of aliphatic hydroxyl groups excluding tert-OH is 1. The molecule has 2 aromatic heterocycles. The molecule has 0 atom stereocenters. The highest BCUT2D eigenvalue weighted by Crippen LogP contribution is 2.23. The molecule has 2 heterocycles. The molecule has 1 aromatic carbocycles. The van der Waals surface area contributed by atoms with E-state index >= 15 is 0 Å². The van der Waals surface area contributed by atoms with E-state index in [0.29, 0.717) is 6.42 Å². The third-order valence-electron chi connectivity index (χ3n) is 3.26. The molecule has 0 spiro atoms. The number of aromatic nitrogens is 2. The lowest BCUT2D eigenvalue weighted by atomic mass is 10.1. The summed E-state index contributed by atoms with van der Waals surface area (Å²) in [4.78, 5) is 9.91. The summed E-state index contributed by atoms with van der Waals surface area (Å²) < 4.78 is 0. The maximum absolute atomic E-state index is 8.91. The average Bonchev–Trinajstić information content (AvgIpc) is 3.04. The minimum absolute atomic E-state index is 0.184. The van der Waals surface area contributed by atoms with E-state index < -0.39 is 0 Å². The Morgan fingerprint density at radius 3 is 2.64 bits per heavy atom. The van der Waals surface area contributed by atoms with E-state index in [-0.39, 0.29) is 6.61 Å². The number of rotatable bonds is 6. The van der Waals surface area contributed by atoms with Gasteiger partial charge in [-0.3, -0.25) is 4.98 Å². The van der Waals surface area contributed by atoms with Crippen LogP contribution in [0.3, 0.4) is 0 Å². The Kier molecular flexibility index (Phi) is 4.78. The van der Waals surface area contributed by atoms with E-state index in [1.54, 1.807) is 17.5 Å². The van der Waals surface area contributed by atoms with Crippen molar-refractivity contribution in [1.82, 2.24) is 9.97 Å². The molecule has 0 aliphatic heterocycles. The summed E-state index contributed by atoms with van der Waals surface area (Å²) in [5.74, 6) is 0. The minimum atomic E-state index is 0.184. The molecule has 0 radical (unpaired) electrons. The van der Waals surface area contributed by atoms with Crippen molar-refractivity contribution in [3.63, 3.8) is 0 Å². The Morgan fingerprint density at radius 1 is 1.05 bits per heavy atom. The van der Waals surface area contributed by atoms with Gasteiger partial charge in [0.15, 0.2) is 0 Å². The molecule has 3 rings (SSSR count). The van der Waals surface area contributed by atoms with Crippen molar-refractivity contribution in [1.29, 1.82) is 0 Å². The molecule has 2 N–H and O–H groups in total. The van der Waals surface area contributed by atoms with Gasteiger partial charge in [0.25, 0.3) is 0 Å². The lowest BCUT2D eigenvalue weighted by molar-refractivity contribution is 0.299. The van der Waals surface area contributed by atoms with Gasteiger partial charge in [0.1, 0.15) is 5.01 Å². The quantitative estimate of drug-likeness (QED) is 0.733. The van der Waals surface area contributed by atoms with Crippen molar-refractivity contribution >= 4 is 17.0 Å². The lowest BCUT2D eigenvalue weighted by Gasteiger charge is -2.05. The molecule has 0 amide bonds. The lowest BCUT2D eigenvalue weighted by Crippen LogP contribution is -1.98. The number of anilines is 1. The summed E-state index contributed by atoms with van der Waals surface area (Å²) in [5.41, 5.74) is 3.12. The zero-order valence-corrected chi connectivity index (χ0v) is 12.9. The highest BCUT2D eigenvalue weighted by molar-refractivity contribution is 7.15.